The van der Waals surface area contributed by atoms with Gasteiger partial charge in [0.25, 0.3) is 5.56 Å². The first-order valence-electron chi connectivity index (χ1n) is 8.79. The molecule has 0 radical (unpaired) electrons. The van der Waals surface area contributed by atoms with Gasteiger partial charge < -0.3 is 0 Å². The lowest BCUT2D eigenvalue weighted by Crippen LogP contribution is -2.42. The minimum Gasteiger partial charge on any atom is -0.268 e. The molecular weight excluding hydrogens is 371 g/mol. The molecule has 1 fully saturated rings. The maximum atomic E-state index is 13.3. The normalized spacial score (nSPS) is 15.5. The number of hydrogen-bond donors (Lipinski definition) is 0. The lowest BCUT2D eigenvalue weighted by atomic mass is 9.95. The predicted octanol–water partition coefficient (Wildman–Crippen LogP) is 4.96. The topological polar surface area (TPSA) is 44.0 Å². The maximum absolute atomic E-state index is 13.3. The summed E-state index contributed by atoms with van der Waals surface area (Å²) in [5, 5.41) is 1.33. The van der Waals surface area contributed by atoms with Crippen LogP contribution in [0.5, 0.6) is 0 Å². The highest BCUT2D eigenvalue weighted by Crippen LogP contribution is 2.28. The van der Waals surface area contributed by atoms with Crippen molar-refractivity contribution in [2.45, 2.75) is 38.1 Å². The molecule has 3 aromatic rings. The number of nitrogens with zero attached hydrogens (tertiary/aromatic N) is 2. The molecule has 6 heteroatoms. The number of para-hydroxylation sites is 1. The van der Waals surface area contributed by atoms with E-state index >= 15 is 0 Å². The Morgan fingerprint density at radius 1 is 0.885 bits per heavy atom. The zero-order valence-electron chi connectivity index (χ0n) is 14.1. The van der Waals surface area contributed by atoms with E-state index in [1.165, 1.54) is 4.57 Å². The molecule has 4 nitrogen and oxygen atoms in total. The Labute approximate surface area is 160 Å². The van der Waals surface area contributed by atoms with E-state index < -0.39 is 0 Å². The van der Waals surface area contributed by atoms with Gasteiger partial charge in [0.2, 0.25) is 0 Å². The second kappa shape index (κ2) is 6.93. The average molecular weight is 389 g/mol. The summed E-state index contributed by atoms with van der Waals surface area (Å²) in [7, 11) is 0. The largest absolute Gasteiger partial charge is 0.336 e. The summed E-state index contributed by atoms with van der Waals surface area (Å²) >= 11 is 12.2. The molecule has 1 aliphatic carbocycles. The molecular formula is C20H18Cl2N2O2. The van der Waals surface area contributed by atoms with Crippen LogP contribution in [-0.2, 0) is 0 Å². The van der Waals surface area contributed by atoms with Crippen LogP contribution in [0.1, 0.15) is 38.1 Å². The first kappa shape index (κ1) is 17.4. The number of rotatable bonds is 2. The lowest BCUT2D eigenvalue weighted by molar-refractivity contribution is 0.335. The Morgan fingerprint density at radius 2 is 1.62 bits per heavy atom. The smallest absolute Gasteiger partial charge is 0.268 e. The van der Waals surface area contributed by atoms with E-state index in [0.717, 1.165) is 32.1 Å². The van der Waals surface area contributed by atoms with Gasteiger partial charge in [-0.05, 0) is 43.2 Å². The fourth-order valence-corrected chi connectivity index (χ4v) is 4.10. The van der Waals surface area contributed by atoms with E-state index in [1.54, 1.807) is 34.9 Å². The minimum absolute atomic E-state index is 0.0534. The van der Waals surface area contributed by atoms with Gasteiger partial charge in [0, 0.05) is 6.04 Å². The SMILES string of the molecule is O=c1c2ccccc2n(-c2ccc(Cl)c(Cl)c2)c(=O)n1C1CCCCC1. The molecule has 1 aliphatic rings. The summed E-state index contributed by atoms with van der Waals surface area (Å²) in [5.41, 5.74) is 0.644. The van der Waals surface area contributed by atoms with Gasteiger partial charge >= 0.3 is 5.69 Å². The molecule has 0 amide bonds. The Hall–Kier alpha value is -2.04. The fourth-order valence-electron chi connectivity index (χ4n) is 3.81. The van der Waals surface area contributed by atoms with Crippen LogP contribution >= 0.6 is 23.2 Å². The minimum atomic E-state index is -0.320. The van der Waals surface area contributed by atoms with Crippen molar-refractivity contribution in [1.29, 1.82) is 0 Å². The number of fused-ring (bicyclic) bond motifs is 1. The molecule has 0 saturated heterocycles. The number of benzene rings is 2. The lowest BCUT2D eigenvalue weighted by Gasteiger charge is -2.25. The van der Waals surface area contributed by atoms with Crippen molar-refractivity contribution in [1.82, 2.24) is 9.13 Å². The van der Waals surface area contributed by atoms with Crippen LogP contribution < -0.4 is 11.2 Å². The number of aromatic nitrogens is 2. The fraction of sp³-hybridized carbons (Fsp3) is 0.300. The van der Waals surface area contributed by atoms with Gasteiger partial charge in [-0.15, -0.1) is 0 Å². The van der Waals surface area contributed by atoms with Gasteiger partial charge in [0.15, 0.2) is 0 Å². The molecule has 0 spiro atoms. The molecule has 4 rings (SSSR count). The second-order valence-electron chi connectivity index (χ2n) is 6.70. The molecule has 0 unspecified atom stereocenters. The third-order valence-electron chi connectivity index (χ3n) is 5.09. The monoisotopic (exact) mass is 388 g/mol. The molecule has 0 aliphatic heterocycles. The highest BCUT2D eigenvalue weighted by Gasteiger charge is 2.22. The summed E-state index contributed by atoms with van der Waals surface area (Å²) in [4.78, 5) is 26.4. The number of hydrogen-bond acceptors (Lipinski definition) is 2. The van der Waals surface area contributed by atoms with Crippen LogP contribution in [0.15, 0.2) is 52.1 Å². The second-order valence-corrected chi connectivity index (χ2v) is 7.51. The first-order valence-corrected chi connectivity index (χ1v) is 9.55. The number of halogens is 2. The van der Waals surface area contributed by atoms with Crippen molar-refractivity contribution in [3.05, 3.63) is 73.3 Å². The molecule has 134 valence electrons. The van der Waals surface area contributed by atoms with Gasteiger partial charge in [0.05, 0.1) is 26.6 Å². The van der Waals surface area contributed by atoms with Crippen molar-refractivity contribution in [3.63, 3.8) is 0 Å². The Morgan fingerprint density at radius 3 is 2.35 bits per heavy atom. The maximum Gasteiger partial charge on any atom is 0.336 e. The van der Waals surface area contributed by atoms with Gasteiger partial charge in [-0.25, -0.2) is 4.79 Å². The Bertz CT molecular complexity index is 1100. The standard InChI is InChI=1S/C20H18Cl2N2O2/c21-16-11-10-14(12-17(16)22)23-18-9-5-4-8-15(18)19(25)24(20(23)26)13-6-2-1-3-7-13/h4-5,8-13H,1-3,6-7H2. The van der Waals surface area contributed by atoms with Crippen LogP contribution in [0.25, 0.3) is 16.6 Å². The molecule has 26 heavy (non-hydrogen) atoms. The van der Waals surface area contributed by atoms with Crippen LogP contribution in [-0.4, -0.2) is 9.13 Å². The summed E-state index contributed by atoms with van der Waals surface area (Å²) in [6, 6.07) is 12.2. The van der Waals surface area contributed by atoms with Crippen molar-refractivity contribution < 1.29 is 0 Å². The van der Waals surface area contributed by atoms with E-state index in [-0.39, 0.29) is 17.3 Å². The summed E-state index contributed by atoms with van der Waals surface area (Å²) in [6.45, 7) is 0. The van der Waals surface area contributed by atoms with E-state index in [4.69, 9.17) is 23.2 Å². The van der Waals surface area contributed by atoms with Crippen molar-refractivity contribution in [2.24, 2.45) is 0 Å². The summed E-state index contributed by atoms with van der Waals surface area (Å²) < 4.78 is 3.00. The molecule has 0 bridgehead atoms. The highest BCUT2D eigenvalue weighted by atomic mass is 35.5. The summed E-state index contributed by atoms with van der Waals surface area (Å²) in [6.07, 6.45) is 4.94. The molecule has 2 aromatic carbocycles. The van der Waals surface area contributed by atoms with Crippen LogP contribution in [0.2, 0.25) is 10.0 Å². The zero-order chi connectivity index (χ0) is 18.3. The van der Waals surface area contributed by atoms with E-state index in [9.17, 15) is 9.59 Å². The third kappa shape index (κ3) is 2.87. The summed E-state index contributed by atoms with van der Waals surface area (Å²) in [5.74, 6) is 0. The van der Waals surface area contributed by atoms with Crippen molar-refractivity contribution in [2.75, 3.05) is 0 Å². The van der Waals surface area contributed by atoms with Crippen LogP contribution in [0.4, 0.5) is 0 Å². The molecule has 0 atom stereocenters. The quantitative estimate of drug-likeness (QED) is 0.622. The van der Waals surface area contributed by atoms with Gasteiger partial charge in [-0.3, -0.25) is 13.9 Å². The van der Waals surface area contributed by atoms with Gasteiger partial charge in [-0.2, -0.15) is 0 Å². The van der Waals surface area contributed by atoms with Crippen molar-refractivity contribution >= 4 is 34.1 Å². The first-order chi connectivity index (χ1) is 12.6. The predicted molar refractivity (Wildman–Crippen MR) is 106 cm³/mol. The molecule has 1 heterocycles. The highest BCUT2D eigenvalue weighted by molar-refractivity contribution is 6.42. The van der Waals surface area contributed by atoms with Gasteiger partial charge in [-0.1, -0.05) is 54.6 Å². The average Bonchev–Trinajstić information content (AvgIpc) is 2.66. The molecule has 1 saturated carbocycles. The third-order valence-corrected chi connectivity index (χ3v) is 5.83. The van der Waals surface area contributed by atoms with Crippen LogP contribution in [0.3, 0.4) is 0 Å². The molecule has 0 N–H and O–H groups in total. The van der Waals surface area contributed by atoms with E-state index in [2.05, 4.69) is 0 Å². The van der Waals surface area contributed by atoms with E-state index in [0.29, 0.717) is 26.6 Å². The van der Waals surface area contributed by atoms with Crippen molar-refractivity contribution in [3.8, 4) is 5.69 Å². The molecule has 1 aromatic heterocycles. The van der Waals surface area contributed by atoms with Crippen LogP contribution in [0, 0.1) is 0 Å². The Balaban J connectivity index is 2.06. The van der Waals surface area contributed by atoms with Gasteiger partial charge in [0.1, 0.15) is 0 Å². The zero-order valence-corrected chi connectivity index (χ0v) is 15.6. The Kier molecular flexibility index (Phi) is 4.63. The van der Waals surface area contributed by atoms with E-state index in [1.807, 2.05) is 12.1 Å².